The van der Waals surface area contributed by atoms with E-state index in [1.54, 1.807) is 12.1 Å². The molecule has 0 amide bonds. The fourth-order valence-electron chi connectivity index (χ4n) is 1.26. The van der Waals surface area contributed by atoms with E-state index in [1.807, 2.05) is 6.92 Å². The van der Waals surface area contributed by atoms with Crippen LogP contribution in [-0.2, 0) is 16.0 Å². The fourth-order valence-corrected chi connectivity index (χ4v) is 1.26. The summed E-state index contributed by atoms with van der Waals surface area (Å²) >= 11 is 0. The minimum absolute atomic E-state index is 0.0500. The number of carbonyl (C=O) groups excluding carboxylic acids is 1. The van der Waals surface area contributed by atoms with Gasteiger partial charge >= 0.3 is 5.97 Å². The van der Waals surface area contributed by atoms with Crippen LogP contribution in [0.25, 0.3) is 0 Å². The number of methoxy groups -OCH3 is 1. The first kappa shape index (κ1) is 11.2. The molecule has 0 radical (unpaired) electrons. The maximum Gasteiger partial charge on any atom is 0.310 e. The first-order chi connectivity index (χ1) is 7.04. The second kappa shape index (κ2) is 4.54. The van der Waals surface area contributed by atoms with Gasteiger partial charge in [-0.25, -0.2) is 0 Å². The highest BCUT2D eigenvalue weighted by Crippen LogP contribution is 2.20. The van der Waals surface area contributed by atoms with Crippen molar-refractivity contribution in [3.05, 3.63) is 39.4 Å². The van der Waals surface area contributed by atoms with Crippen LogP contribution >= 0.6 is 0 Å². The summed E-state index contributed by atoms with van der Waals surface area (Å²) in [6.45, 7) is 1.81. The maximum absolute atomic E-state index is 11.0. The summed E-state index contributed by atoms with van der Waals surface area (Å²) in [5.41, 5.74) is 1.21. The Hall–Kier alpha value is -1.91. The number of carbonyl (C=O) groups is 1. The lowest BCUT2D eigenvalue weighted by molar-refractivity contribution is -0.385. The minimum atomic E-state index is -0.502. The molecule has 5 nitrogen and oxygen atoms in total. The molecule has 0 unspecified atom stereocenters. The van der Waals surface area contributed by atoms with Gasteiger partial charge in [0.05, 0.1) is 18.5 Å². The molecule has 1 rings (SSSR count). The third kappa shape index (κ3) is 2.77. The molecule has 0 N–H and O–H groups in total. The number of nitro benzene ring substituents is 1. The van der Waals surface area contributed by atoms with Gasteiger partial charge in [0.2, 0.25) is 0 Å². The zero-order valence-corrected chi connectivity index (χ0v) is 8.52. The number of aryl methyl sites for hydroxylation is 1. The molecule has 0 aliphatic carbocycles. The van der Waals surface area contributed by atoms with Gasteiger partial charge in [0.15, 0.2) is 0 Å². The summed E-state index contributed by atoms with van der Waals surface area (Å²) in [5, 5.41) is 10.7. The van der Waals surface area contributed by atoms with Gasteiger partial charge in [-0.15, -0.1) is 0 Å². The van der Waals surface area contributed by atoms with E-state index in [4.69, 9.17) is 0 Å². The second-order valence-corrected chi connectivity index (χ2v) is 3.14. The molecule has 80 valence electrons. The van der Waals surface area contributed by atoms with E-state index in [0.29, 0.717) is 5.56 Å². The minimum Gasteiger partial charge on any atom is -0.469 e. The lowest BCUT2D eigenvalue weighted by Gasteiger charge is -2.02. The monoisotopic (exact) mass is 209 g/mol. The van der Waals surface area contributed by atoms with Gasteiger partial charge in [0.1, 0.15) is 0 Å². The van der Waals surface area contributed by atoms with E-state index < -0.39 is 10.9 Å². The number of ether oxygens (including phenoxy) is 1. The molecule has 0 aliphatic heterocycles. The van der Waals surface area contributed by atoms with Crippen LogP contribution in [0.5, 0.6) is 0 Å². The molecule has 0 aliphatic rings. The Bertz CT molecular complexity index is 400. The largest absolute Gasteiger partial charge is 0.469 e. The zero-order chi connectivity index (χ0) is 11.4. The molecule has 0 bridgehead atoms. The molecule has 0 spiro atoms. The van der Waals surface area contributed by atoms with Crippen molar-refractivity contribution >= 4 is 11.7 Å². The highest BCUT2D eigenvalue weighted by Gasteiger charge is 2.16. The molecule has 5 heteroatoms. The van der Waals surface area contributed by atoms with E-state index in [2.05, 4.69) is 4.74 Å². The Balaban J connectivity index is 3.07. The number of hydrogen-bond donors (Lipinski definition) is 0. The van der Waals surface area contributed by atoms with Gasteiger partial charge < -0.3 is 4.74 Å². The zero-order valence-electron chi connectivity index (χ0n) is 8.52. The molecule has 15 heavy (non-hydrogen) atoms. The van der Waals surface area contributed by atoms with Crippen LogP contribution in [0.1, 0.15) is 11.1 Å². The van der Waals surface area contributed by atoms with Crippen molar-refractivity contribution in [1.82, 2.24) is 0 Å². The van der Waals surface area contributed by atoms with Gasteiger partial charge in [-0.05, 0) is 13.0 Å². The number of benzene rings is 1. The molecular formula is C10H11NO4. The van der Waals surface area contributed by atoms with Crippen molar-refractivity contribution in [3.63, 3.8) is 0 Å². The topological polar surface area (TPSA) is 69.4 Å². The van der Waals surface area contributed by atoms with Gasteiger partial charge in [-0.3, -0.25) is 14.9 Å². The SMILES string of the molecule is COC(=O)Cc1cc(C)ccc1[N+](=O)[O-]. The molecule has 0 heterocycles. The second-order valence-electron chi connectivity index (χ2n) is 3.14. The predicted octanol–water partition coefficient (Wildman–Crippen LogP) is 1.62. The quantitative estimate of drug-likeness (QED) is 0.431. The third-order valence-electron chi connectivity index (χ3n) is 1.99. The van der Waals surface area contributed by atoms with Crippen LogP contribution in [-0.4, -0.2) is 18.0 Å². The molecule has 0 saturated heterocycles. The van der Waals surface area contributed by atoms with Crippen LogP contribution in [0.15, 0.2) is 18.2 Å². The molecule has 0 saturated carbocycles. The van der Waals surface area contributed by atoms with Crippen molar-refractivity contribution in [3.8, 4) is 0 Å². The third-order valence-corrected chi connectivity index (χ3v) is 1.99. The summed E-state index contributed by atoms with van der Waals surface area (Å²) in [4.78, 5) is 21.2. The lowest BCUT2D eigenvalue weighted by atomic mass is 10.1. The fraction of sp³-hybridized carbons (Fsp3) is 0.300. The summed E-state index contributed by atoms with van der Waals surface area (Å²) in [6.07, 6.45) is -0.0749. The Kier molecular flexibility index (Phi) is 3.38. The number of nitrogens with zero attached hydrogens (tertiary/aromatic N) is 1. The van der Waals surface area contributed by atoms with Crippen molar-refractivity contribution < 1.29 is 14.5 Å². The Morgan fingerprint density at radius 2 is 2.20 bits per heavy atom. The van der Waals surface area contributed by atoms with E-state index in [1.165, 1.54) is 13.2 Å². The van der Waals surface area contributed by atoms with Crippen molar-refractivity contribution in [2.45, 2.75) is 13.3 Å². The van der Waals surface area contributed by atoms with Crippen molar-refractivity contribution in [2.24, 2.45) is 0 Å². The summed E-state index contributed by atoms with van der Waals surface area (Å²) in [5.74, 6) is -0.483. The van der Waals surface area contributed by atoms with Gasteiger partial charge in [-0.2, -0.15) is 0 Å². The summed E-state index contributed by atoms with van der Waals surface area (Å²) < 4.78 is 4.47. The Morgan fingerprint density at radius 1 is 1.53 bits per heavy atom. The molecule has 0 atom stereocenters. The van der Waals surface area contributed by atoms with E-state index in [9.17, 15) is 14.9 Å². The molecule has 1 aromatic carbocycles. The predicted molar refractivity (Wildman–Crippen MR) is 53.6 cm³/mol. The number of rotatable bonds is 3. The van der Waals surface area contributed by atoms with Gasteiger partial charge in [0.25, 0.3) is 5.69 Å². The van der Waals surface area contributed by atoms with Crippen molar-refractivity contribution in [1.29, 1.82) is 0 Å². The normalized spacial score (nSPS) is 9.73. The van der Waals surface area contributed by atoms with E-state index in [-0.39, 0.29) is 12.1 Å². The number of hydrogen-bond acceptors (Lipinski definition) is 4. The van der Waals surface area contributed by atoms with Crippen LogP contribution in [0.2, 0.25) is 0 Å². The standard InChI is InChI=1S/C10H11NO4/c1-7-3-4-9(11(13)14)8(5-7)6-10(12)15-2/h3-5H,6H2,1-2H3. The van der Waals surface area contributed by atoms with Crippen LogP contribution in [0.4, 0.5) is 5.69 Å². The van der Waals surface area contributed by atoms with Crippen molar-refractivity contribution in [2.75, 3.05) is 7.11 Å². The van der Waals surface area contributed by atoms with E-state index >= 15 is 0 Å². The average molecular weight is 209 g/mol. The number of nitro groups is 1. The molecule has 1 aromatic rings. The lowest BCUT2D eigenvalue weighted by Crippen LogP contribution is -2.07. The Labute approximate surface area is 86.8 Å². The number of esters is 1. The summed E-state index contributed by atoms with van der Waals surface area (Å²) in [6, 6.07) is 4.65. The molecule has 0 fully saturated rings. The smallest absolute Gasteiger partial charge is 0.310 e. The Morgan fingerprint density at radius 3 is 2.73 bits per heavy atom. The van der Waals surface area contributed by atoms with Gasteiger partial charge in [0, 0.05) is 11.6 Å². The molecular weight excluding hydrogens is 198 g/mol. The highest BCUT2D eigenvalue weighted by atomic mass is 16.6. The highest BCUT2D eigenvalue weighted by molar-refractivity contribution is 5.74. The van der Waals surface area contributed by atoms with Crippen LogP contribution in [0, 0.1) is 17.0 Å². The van der Waals surface area contributed by atoms with E-state index in [0.717, 1.165) is 5.56 Å². The first-order valence-electron chi connectivity index (χ1n) is 4.35. The summed E-state index contributed by atoms with van der Waals surface area (Å²) in [7, 11) is 1.25. The van der Waals surface area contributed by atoms with Gasteiger partial charge in [-0.1, -0.05) is 11.6 Å². The molecule has 0 aromatic heterocycles. The maximum atomic E-state index is 11.0. The first-order valence-corrected chi connectivity index (χ1v) is 4.35. The van der Waals surface area contributed by atoms with Crippen LogP contribution < -0.4 is 0 Å². The average Bonchev–Trinajstić information content (AvgIpc) is 2.17. The van der Waals surface area contributed by atoms with Crippen LogP contribution in [0.3, 0.4) is 0 Å².